The summed E-state index contributed by atoms with van der Waals surface area (Å²) < 4.78 is 0. The van der Waals surface area contributed by atoms with Gasteiger partial charge in [-0.1, -0.05) is 309 Å². The molecule has 73 heavy (non-hydrogen) atoms. The Morgan fingerprint density at radius 2 is 0.616 bits per heavy atom. The van der Waals surface area contributed by atoms with Crippen LogP contribution >= 0.6 is 0 Å². The summed E-state index contributed by atoms with van der Waals surface area (Å²) in [6, 6.07) is -0.654. The number of hydrogen-bond acceptors (Lipinski definition) is 3. The maximum Gasteiger partial charge on any atom is 0.220 e. The predicted octanol–water partition coefficient (Wildman–Crippen LogP) is 21.2. The second-order valence-corrected chi connectivity index (χ2v) is 20.7. The van der Waals surface area contributed by atoms with Gasteiger partial charge in [0.1, 0.15) is 0 Å². The molecule has 0 saturated heterocycles. The van der Waals surface area contributed by atoms with Crippen molar-refractivity contribution in [1.82, 2.24) is 5.32 Å². The average Bonchev–Trinajstić information content (AvgIpc) is 3.40. The van der Waals surface area contributed by atoms with Crippen LogP contribution < -0.4 is 5.32 Å². The normalized spacial score (nSPS) is 13.6. The number of allylic oxidation sites excluding steroid dienone is 19. The molecule has 0 bridgehead atoms. The molecule has 0 aliphatic carbocycles. The summed E-state index contributed by atoms with van der Waals surface area (Å²) in [6.07, 6.45) is 96.7. The number of aliphatic hydroxyl groups excluding tert-OH is 2. The van der Waals surface area contributed by atoms with E-state index >= 15 is 0 Å². The van der Waals surface area contributed by atoms with Crippen molar-refractivity contribution >= 4 is 5.91 Å². The lowest BCUT2D eigenvalue weighted by Gasteiger charge is -2.19. The molecule has 3 N–H and O–H groups in total. The third-order valence-electron chi connectivity index (χ3n) is 13.7. The third kappa shape index (κ3) is 59.5. The zero-order valence-electron chi connectivity index (χ0n) is 48.1. The van der Waals surface area contributed by atoms with Gasteiger partial charge in [0.25, 0.3) is 0 Å². The van der Waals surface area contributed by atoms with E-state index in [1.807, 2.05) is 6.08 Å². The molecule has 0 fully saturated rings. The molecule has 0 spiro atoms. The van der Waals surface area contributed by atoms with Gasteiger partial charge >= 0.3 is 0 Å². The molecule has 4 nitrogen and oxygen atoms in total. The molecule has 0 heterocycles. The zero-order valence-corrected chi connectivity index (χ0v) is 48.1. The van der Waals surface area contributed by atoms with Crippen LogP contribution in [0.1, 0.15) is 290 Å². The molecule has 2 atom stereocenters. The Kier molecular flexibility index (Phi) is 60.3. The first-order chi connectivity index (χ1) is 36.2. The lowest BCUT2D eigenvalue weighted by Crippen LogP contribution is -2.45. The number of carbonyl (C=O) groups is 1. The van der Waals surface area contributed by atoms with Crippen LogP contribution in [0, 0.1) is 0 Å². The Bertz CT molecular complexity index is 1420. The molecule has 0 saturated carbocycles. The highest BCUT2D eigenvalue weighted by Gasteiger charge is 2.18. The summed E-state index contributed by atoms with van der Waals surface area (Å²) >= 11 is 0. The van der Waals surface area contributed by atoms with Crippen LogP contribution in [-0.4, -0.2) is 34.9 Å². The monoisotopic (exact) mass is 1010 g/mol. The van der Waals surface area contributed by atoms with Gasteiger partial charge in [-0.05, 0) is 96.3 Å². The molecule has 0 radical (unpaired) electrons. The van der Waals surface area contributed by atoms with Gasteiger partial charge in [-0.3, -0.25) is 4.79 Å². The van der Waals surface area contributed by atoms with E-state index < -0.39 is 12.1 Å². The highest BCUT2D eigenvalue weighted by Crippen LogP contribution is 2.16. The van der Waals surface area contributed by atoms with Crippen molar-refractivity contribution in [3.63, 3.8) is 0 Å². The average molecular weight is 1010 g/mol. The first-order valence-corrected chi connectivity index (χ1v) is 31.2. The Hall–Kier alpha value is -3.21. The number of rotatable bonds is 56. The van der Waals surface area contributed by atoms with Crippen LogP contribution in [0.5, 0.6) is 0 Å². The molecule has 0 aliphatic heterocycles. The summed E-state index contributed by atoms with van der Waals surface area (Å²) in [5.41, 5.74) is 0. The lowest BCUT2D eigenvalue weighted by atomic mass is 10.0. The molecule has 0 aromatic carbocycles. The van der Waals surface area contributed by atoms with Crippen LogP contribution in [0.25, 0.3) is 0 Å². The van der Waals surface area contributed by atoms with Gasteiger partial charge in [-0.25, -0.2) is 0 Å². The van der Waals surface area contributed by atoms with E-state index in [-0.39, 0.29) is 12.5 Å². The number of nitrogens with one attached hydrogen (secondary N) is 1. The smallest absolute Gasteiger partial charge is 0.220 e. The Labute approximate surface area is 454 Å². The summed E-state index contributed by atoms with van der Waals surface area (Å²) in [4.78, 5) is 12.5. The van der Waals surface area contributed by atoms with Crippen molar-refractivity contribution in [2.75, 3.05) is 6.61 Å². The van der Waals surface area contributed by atoms with Gasteiger partial charge in [0.05, 0.1) is 18.8 Å². The minimum atomic E-state index is -0.876. The maximum atomic E-state index is 12.5. The van der Waals surface area contributed by atoms with Gasteiger partial charge in [0.15, 0.2) is 0 Å². The predicted molar refractivity (Wildman–Crippen MR) is 326 cm³/mol. The number of aliphatic hydroxyl groups is 2. The molecule has 418 valence electrons. The lowest BCUT2D eigenvalue weighted by molar-refractivity contribution is -0.123. The van der Waals surface area contributed by atoms with E-state index in [9.17, 15) is 15.0 Å². The van der Waals surface area contributed by atoms with Gasteiger partial charge in [0, 0.05) is 6.42 Å². The van der Waals surface area contributed by atoms with Gasteiger partial charge in [0.2, 0.25) is 5.91 Å². The Morgan fingerprint density at radius 3 is 0.959 bits per heavy atom. The van der Waals surface area contributed by atoms with Crippen molar-refractivity contribution in [3.05, 3.63) is 122 Å². The highest BCUT2D eigenvalue weighted by molar-refractivity contribution is 5.76. The van der Waals surface area contributed by atoms with E-state index in [2.05, 4.69) is 129 Å². The minimum absolute atomic E-state index is 0.0849. The fraction of sp³-hybridized carbons (Fsp3) is 0.696. The van der Waals surface area contributed by atoms with E-state index in [4.69, 9.17) is 0 Å². The van der Waals surface area contributed by atoms with E-state index in [0.717, 1.165) is 96.3 Å². The highest BCUT2D eigenvalue weighted by atomic mass is 16.3. The molecule has 0 aromatic heterocycles. The molecule has 4 heteroatoms. The number of carbonyl (C=O) groups excluding carboxylic acids is 1. The number of unbranched alkanes of at least 4 members (excludes halogenated alkanes) is 31. The third-order valence-corrected chi connectivity index (χ3v) is 13.7. The van der Waals surface area contributed by atoms with Gasteiger partial charge in [-0.15, -0.1) is 0 Å². The second kappa shape index (κ2) is 63.1. The first kappa shape index (κ1) is 69.8. The molecule has 1 amide bonds. The van der Waals surface area contributed by atoms with Crippen molar-refractivity contribution in [1.29, 1.82) is 0 Å². The van der Waals surface area contributed by atoms with E-state index in [1.165, 1.54) is 173 Å². The minimum Gasteiger partial charge on any atom is -0.394 e. The van der Waals surface area contributed by atoms with Crippen molar-refractivity contribution in [2.24, 2.45) is 0 Å². The first-order valence-electron chi connectivity index (χ1n) is 31.2. The Balaban J connectivity index is 3.60. The SMILES string of the molecule is CC/C=C\C/C=C\C/C=C\C/C=C\C/C=C\C/C=C\C/C=C\C/C=C\CCCCCCCCCCC(=O)NC(CO)C(O)/C=C/CC/C=C/CCCCCCCCCCCCCCCCCCCCCCCC. The molecule has 0 rings (SSSR count). The summed E-state index contributed by atoms with van der Waals surface area (Å²) in [5.74, 6) is -0.0849. The van der Waals surface area contributed by atoms with Crippen LogP contribution in [0.4, 0.5) is 0 Å². The van der Waals surface area contributed by atoms with Crippen LogP contribution in [0.3, 0.4) is 0 Å². The topological polar surface area (TPSA) is 69.6 Å². The summed E-state index contributed by atoms with van der Waals surface area (Å²) in [5, 5.41) is 23.2. The fourth-order valence-corrected chi connectivity index (χ4v) is 8.98. The Morgan fingerprint density at radius 1 is 0.342 bits per heavy atom. The molecular formula is C69H119NO3. The van der Waals surface area contributed by atoms with Crippen LogP contribution in [0.2, 0.25) is 0 Å². The fourth-order valence-electron chi connectivity index (χ4n) is 8.98. The molecule has 2 unspecified atom stereocenters. The van der Waals surface area contributed by atoms with Gasteiger partial charge < -0.3 is 15.5 Å². The van der Waals surface area contributed by atoms with Crippen molar-refractivity contribution < 1.29 is 15.0 Å². The van der Waals surface area contributed by atoms with Crippen LogP contribution in [0.15, 0.2) is 122 Å². The van der Waals surface area contributed by atoms with Crippen LogP contribution in [-0.2, 0) is 4.79 Å². The quantitative estimate of drug-likeness (QED) is 0.0420. The van der Waals surface area contributed by atoms with E-state index in [0.29, 0.717) is 6.42 Å². The summed E-state index contributed by atoms with van der Waals surface area (Å²) in [6.45, 7) is 4.20. The van der Waals surface area contributed by atoms with Crippen molar-refractivity contribution in [3.8, 4) is 0 Å². The molecule has 0 aliphatic rings. The van der Waals surface area contributed by atoms with Crippen molar-refractivity contribution in [2.45, 2.75) is 302 Å². The molecular weight excluding hydrogens is 891 g/mol. The standard InChI is InChI=1S/C69H119NO3/c1-3-5-7-9-11-13-15-17-19-21-23-25-27-29-31-33-34-35-36-37-39-41-43-45-47-49-51-53-55-57-59-61-63-65-69(73)70-67(66-71)68(72)64-62-60-58-56-54-52-50-48-46-44-42-40-38-32-30-28-26-24-22-20-18-16-14-12-10-8-6-4-2/h5,7,11,13,17,19,23,25,29,31,34-35,37,39,43,45,54,56,62,64,67-68,71-72H,3-4,6,8-10,12,14-16,18,20-22,24,26-28,30,32-33,36,38,40-42,44,46-53,55,57-61,63,65-66H2,1-2H3,(H,70,73)/b7-5-,13-11-,19-17-,25-23-,31-29-,35-34-,39-37-,45-43-,56-54+,64-62+. The maximum absolute atomic E-state index is 12.5. The van der Waals surface area contributed by atoms with E-state index in [1.54, 1.807) is 6.08 Å². The second-order valence-electron chi connectivity index (χ2n) is 20.7. The largest absolute Gasteiger partial charge is 0.394 e. The number of hydrogen-bond donors (Lipinski definition) is 3. The number of amides is 1. The van der Waals surface area contributed by atoms with Gasteiger partial charge in [-0.2, -0.15) is 0 Å². The zero-order chi connectivity index (χ0) is 52.7. The molecule has 0 aromatic rings. The summed E-state index contributed by atoms with van der Waals surface area (Å²) in [7, 11) is 0.